The van der Waals surface area contributed by atoms with Gasteiger partial charge in [0.15, 0.2) is 0 Å². The zero-order valence-electron chi connectivity index (χ0n) is 15.4. The molecule has 3 aliphatic rings. The molecule has 0 aromatic rings. The van der Waals surface area contributed by atoms with Gasteiger partial charge in [-0.25, -0.2) is 4.39 Å². The van der Waals surface area contributed by atoms with E-state index < -0.39 is 12.1 Å². The molecule has 0 saturated heterocycles. The van der Waals surface area contributed by atoms with E-state index in [1.807, 2.05) is 23.9 Å². The molecule has 3 nitrogen and oxygen atoms in total. The Bertz CT molecular complexity index is 598. The van der Waals surface area contributed by atoms with Gasteiger partial charge in [0.05, 0.1) is 19.3 Å². The van der Waals surface area contributed by atoms with Crippen LogP contribution in [-0.4, -0.2) is 34.9 Å². The zero-order valence-corrected chi connectivity index (χ0v) is 16.2. The van der Waals surface area contributed by atoms with Crippen LogP contribution in [0.5, 0.6) is 0 Å². The lowest BCUT2D eigenvalue weighted by Crippen LogP contribution is -2.26. The highest BCUT2D eigenvalue weighted by atomic mass is 32.2. The van der Waals surface area contributed by atoms with Crippen molar-refractivity contribution < 1.29 is 19.0 Å². The second kappa shape index (κ2) is 9.12. The van der Waals surface area contributed by atoms with Gasteiger partial charge in [-0.05, 0) is 50.5 Å². The monoisotopic (exact) mass is 380 g/mol. The maximum atomic E-state index is 14.3. The summed E-state index contributed by atoms with van der Waals surface area (Å²) in [7, 11) is 1.66. The first kappa shape index (κ1) is 19.5. The van der Waals surface area contributed by atoms with E-state index in [1.165, 1.54) is 5.57 Å². The van der Waals surface area contributed by atoms with E-state index in [1.54, 1.807) is 13.2 Å². The van der Waals surface area contributed by atoms with Gasteiger partial charge in [-0.3, -0.25) is 4.79 Å². The zero-order chi connectivity index (χ0) is 18.5. The van der Waals surface area contributed by atoms with Crippen LogP contribution in [0.4, 0.5) is 4.39 Å². The van der Waals surface area contributed by atoms with Crippen molar-refractivity contribution in [2.75, 3.05) is 7.11 Å². The number of alkyl halides is 1. The lowest BCUT2D eigenvalue weighted by atomic mass is 9.81. The summed E-state index contributed by atoms with van der Waals surface area (Å²) in [6.45, 7) is 0. The number of rotatable bonds is 6. The first-order valence-electron chi connectivity index (χ1n) is 9.66. The Balaban J connectivity index is 1.58. The molecule has 0 fully saturated rings. The Morgan fingerprint density at radius 1 is 1.31 bits per heavy atom. The van der Waals surface area contributed by atoms with E-state index in [9.17, 15) is 9.18 Å². The predicted octanol–water partition coefficient (Wildman–Crippen LogP) is 5.29. The van der Waals surface area contributed by atoms with Gasteiger partial charge < -0.3 is 9.84 Å². The molecule has 5 atom stereocenters. The molecule has 0 spiro atoms. The molecule has 0 aromatic carbocycles. The smallest absolute Gasteiger partial charge is 0.303 e. The summed E-state index contributed by atoms with van der Waals surface area (Å²) in [6, 6.07) is 0. The van der Waals surface area contributed by atoms with Gasteiger partial charge in [0.2, 0.25) is 0 Å². The minimum absolute atomic E-state index is 0.0472. The number of allylic oxidation sites excluding steroid dienone is 6. The van der Waals surface area contributed by atoms with E-state index in [0.717, 1.165) is 50.7 Å². The average molecular weight is 381 g/mol. The molecular formula is C21H29FO3S. The molecule has 0 amide bonds. The topological polar surface area (TPSA) is 46.5 Å². The number of carboxylic acid groups (broad SMARTS) is 1. The number of thioether (sulfide) groups is 1. The van der Waals surface area contributed by atoms with Crippen molar-refractivity contribution in [2.24, 2.45) is 11.8 Å². The highest BCUT2D eigenvalue weighted by Crippen LogP contribution is 2.42. The first-order valence-corrected chi connectivity index (χ1v) is 10.6. The molecule has 1 N–H and O–H groups in total. The van der Waals surface area contributed by atoms with E-state index in [4.69, 9.17) is 9.84 Å². The molecule has 144 valence electrons. The third-order valence-electron chi connectivity index (χ3n) is 5.68. The molecule has 0 aromatic heterocycles. The fraction of sp³-hybridized carbons (Fsp3) is 0.667. The van der Waals surface area contributed by atoms with Crippen LogP contribution in [0.25, 0.3) is 0 Å². The molecule has 26 heavy (non-hydrogen) atoms. The molecule has 5 heteroatoms. The number of aliphatic carboxylic acids is 1. The molecule has 0 saturated carbocycles. The predicted molar refractivity (Wildman–Crippen MR) is 104 cm³/mol. The number of hydrogen-bond acceptors (Lipinski definition) is 3. The molecule has 0 radical (unpaired) electrons. The lowest BCUT2D eigenvalue weighted by Gasteiger charge is -2.34. The van der Waals surface area contributed by atoms with Crippen LogP contribution in [0.15, 0.2) is 35.6 Å². The van der Waals surface area contributed by atoms with Gasteiger partial charge in [-0.15, -0.1) is 0 Å². The van der Waals surface area contributed by atoms with Crippen LogP contribution in [0.3, 0.4) is 0 Å². The van der Waals surface area contributed by atoms with Crippen molar-refractivity contribution in [1.82, 2.24) is 0 Å². The van der Waals surface area contributed by atoms with Crippen molar-refractivity contribution in [3.05, 3.63) is 35.6 Å². The Labute approximate surface area is 159 Å². The van der Waals surface area contributed by atoms with Crippen molar-refractivity contribution in [3.63, 3.8) is 0 Å². The maximum absolute atomic E-state index is 14.3. The van der Waals surface area contributed by atoms with Crippen molar-refractivity contribution in [3.8, 4) is 0 Å². The minimum Gasteiger partial charge on any atom is -0.501 e. The fourth-order valence-electron chi connectivity index (χ4n) is 4.45. The van der Waals surface area contributed by atoms with Crippen molar-refractivity contribution in [1.29, 1.82) is 0 Å². The maximum Gasteiger partial charge on any atom is 0.303 e. The van der Waals surface area contributed by atoms with Crippen LogP contribution >= 0.6 is 11.8 Å². The molecule has 0 bridgehead atoms. The van der Waals surface area contributed by atoms with Gasteiger partial charge in [0.1, 0.15) is 6.17 Å². The first-order chi connectivity index (χ1) is 12.5. The highest BCUT2D eigenvalue weighted by molar-refractivity contribution is 8.00. The number of ether oxygens (including phenoxy) is 1. The van der Waals surface area contributed by atoms with Crippen molar-refractivity contribution in [2.45, 2.75) is 68.0 Å². The normalized spacial score (nSPS) is 34.8. The number of hydrogen-bond donors (Lipinski definition) is 1. The Morgan fingerprint density at radius 3 is 2.88 bits per heavy atom. The summed E-state index contributed by atoms with van der Waals surface area (Å²) in [4.78, 5) is 11.1. The average Bonchev–Trinajstić information content (AvgIpc) is 2.61. The molecule has 0 aliphatic heterocycles. The Morgan fingerprint density at radius 2 is 2.15 bits per heavy atom. The third kappa shape index (κ3) is 5.15. The van der Waals surface area contributed by atoms with Crippen LogP contribution in [0.1, 0.15) is 51.4 Å². The van der Waals surface area contributed by atoms with Gasteiger partial charge >= 0.3 is 5.97 Å². The van der Waals surface area contributed by atoms with Crippen LogP contribution in [-0.2, 0) is 9.53 Å². The van der Waals surface area contributed by atoms with Gasteiger partial charge in [0.25, 0.3) is 0 Å². The number of halogens is 1. The summed E-state index contributed by atoms with van der Waals surface area (Å²) in [6.07, 6.45) is 14.0. The van der Waals surface area contributed by atoms with Gasteiger partial charge in [-0.1, -0.05) is 23.8 Å². The number of methoxy groups -OCH3 is 1. The summed E-state index contributed by atoms with van der Waals surface area (Å²) in [5, 5.41) is 10.00. The molecule has 0 heterocycles. The number of carbonyl (C=O) groups is 1. The Hall–Kier alpha value is -1.23. The second-order valence-corrected chi connectivity index (χ2v) is 9.24. The summed E-state index contributed by atoms with van der Waals surface area (Å²) in [5.74, 6) is 0.261. The Kier molecular flexibility index (Phi) is 6.85. The van der Waals surface area contributed by atoms with Crippen LogP contribution in [0, 0.1) is 11.8 Å². The van der Waals surface area contributed by atoms with E-state index in [0.29, 0.717) is 10.5 Å². The second-order valence-electron chi connectivity index (χ2n) is 7.63. The van der Waals surface area contributed by atoms with Crippen LogP contribution < -0.4 is 0 Å². The largest absolute Gasteiger partial charge is 0.501 e. The van der Waals surface area contributed by atoms with E-state index >= 15 is 0 Å². The third-order valence-corrected chi connectivity index (χ3v) is 7.21. The summed E-state index contributed by atoms with van der Waals surface area (Å²) >= 11 is 1.97. The molecular weight excluding hydrogens is 351 g/mol. The van der Waals surface area contributed by atoms with Gasteiger partial charge in [0, 0.05) is 22.8 Å². The SMILES string of the molecule is COC1=CC(CC(=O)O)CC(SC2CCC=C(C3CCC=CC3F)C2)C1. The quantitative estimate of drug-likeness (QED) is 0.636. The standard InChI is InChI=1S/C21H29FO3S/c1-25-16-9-14(11-21(23)24)10-18(13-16)26-17-6-4-5-15(12-17)19-7-2-3-8-20(19)22/h3,5,8-9,14,17-20H,2,4,6-7,10-13H2,1H3,(H,23,24). The lowest BCUT2D eigenvalue weighted by molar-refractivity contribution is -0.137. The fourth-order valence-corrected chi connectivity index (χ4v) is 6.17. The molecule has 3 rings (SSSR count). The van der Waals surface area contributed by atoms with Crippen molar-refractivity contribution >= 4 is 17.7 Å². The summed E-state index contributed by atoms with van der Waals surface area (Å²) in [5.41, 5.74) is 1.30. The van der Waals surface area contributed by atoms with E-state index in [2.05, 4.69) is 6.08 Å². The summed E-state index contributed by atoms with van der Waals surface area (Å²) < 4.78 is 19.7. The number of carboxylic acids is 1. The van der Waals surface area contributed by atoms with Gasteiger partial charge in [-0.2, -0.15) is 11.8 Å². The molecule has 3 aliphatic carbocycles. The highest BCUT2D eigenvalue weighted by Gasteiger charge is 2.31. The van der Waals surface area contributed by atoms with E-state index in [-0.39, 0.29) is 18.3 Å². The molecule has 5 unspecified atom stereocenters. The minimum atomic E-state index is -0.837. The van der Waals surface area contributed by atoms with Crippen LogP contribution in [0.2, 0.25) is 0 Å².